The molecule has 3 aromatic rings. The van der Waals surface area contributed by atoms with Crippen LogP contribution in [-0.4, -0.2) is 31.1 Å². The van der Waals surface area contributed by atoms with E-state index < -0.39 is 23.2 Å². The first-order chi connectivity index (χ1) is 10.5. The molecule has 22 heavy (non-hydrogen) atoms. The molecule has 0 aliphatic rings. The minimum absolute atomic E-state index is 0.0979. The van der Waals surface area contributed by atoms with Gasteiger partial charge in [-0.2, -0.15) is 0 Å². The lowest BCUT2D eigenvalue weighted by Gasteiger charge is -2.03. The summed E-state index contributed by atoms with van der Waals surface area (Å²) in [6, 6.07) is 3.70. The minimum atomic E-state index is -1.42. The fourth-order valence-corrected chi connectivity index (χ4v) is 2.09. The number of rotatable bonds is 3. The predicted octanol–water partition coefficient (Wildman–Crippen LogP) is 1.48. The normalized spacial score (nSPS) is 10.8. The maximum Gasteiger partial charge on any atom is 0.446 e. The predicted molar refractivity (Wildman–Crippen MR) is 70.0 cm³/mol. The van der Waals surface area contributed by atoms with Crippen molar-refractivity contribution in [3.8, 4) is 17.2 Å². The summed E-state index contributed by atoms with van der Waals surface area (Å²) < 4.78 is 23.2. The molecule has 0 fully saturated rings. The van der Waals surface area contributed by atoms with Gasteiger partial charge in [0.2, 0.25) is 11.5 Å². The number of aromatic nitrogens is 4. The first-order valence-electron chi connectivity index (χ1n) is 5.59. The summed E-state index contributed by atoms with van der Waals surface area (Å²) in [6.07, 6.45) is 0. The molecule has 0 aliphatic carbocycles. The maximum absolute atomic E-state index is 13.3. The monoisotopic (exact) mass is 370 g/mol. The molecule has 0 atom stereocenters. The second-order valence-electron chi connectivity index (χ2n) is 3.97. The average Bonchev–Trinajstić information content (AvgIpc) is 3.08. The third kappa shape index (κ3) is 2.20. The Bertz CT molecular complexity index is 931. The van der Waals surface area contributed by atoms with Gasteiger partial charge in [-0.25, -0.2) is 23.2 Å². The smallest absolute Gasteiger partial charge is 0.446 e. The van der Waals surface area contributed by atoms with Gasteiger partial charge in [0, 0.05) is 0 Å². The Morgan fingerprint density at radius 3 is 2.77 bits per heavy atom. The highest BCUT2D eigenvalue weighted by molar-refractivity contribution is 9.10. The van der Waals surface area contributed by atoms with Crippen LogP contribution in [0.1, 0.15) is 10.5 Å². The Labute approximate surface area is 128 Å². The molecular formula is C11H4BrFN4O5. The number of carbonyl (C=O) groups is 1. The van der Waals surface area contributed by atoms with Crippen molar-refractivity contribution >= 4 is 21.9 Å². The fourth-order valence-electron chi connectivity index (χ4n) is 1.73. The summed E-state index contributed by atoms with van der Waals surface area (Å²) in [5, 5.41) is 19.1. The van der Waals surface area contributed by atoms with Crippen molar-refractivity contribution < 1.29 is 23.4 Å². The maximum atomic E-state index is 13.3. The van der Waals surface area contributed by atoms with Gasteiger partial charge in [-0.15, -0.1) is 0 Å². The zero-order valence-corrected chi connectivity index (χ0v) is 11.9. The third-order valence-electron chi connectivity index (χ3n) is 2.67. The molecular weight excluding hydrogens is 367 g/mol. The van der Waals surface area contributed by atoms with Gasteiger partial charge in [-0.1, -0.05) is 5.16 Å². The van der Waals surface area contributed by atoms with Crippen molar-refractivity contribution in [2.24, 2.45) is 0 Å². The van der Waals surface area contributed by atoms with E-state index >= 15 is 0 Å². The van der Waals surface area contributed by atoms with Crippen LogP contribution in [0.25, 0.3) is 17.2 Å². The van der Waals surface area contributed by atoms with Crippen LogP contribution in [0.5, 0.6) is 0 Å². The van der Waals surface area contributed by atoms with Gasteiger partial charge in [0.1, 0.15) is 5.82 Å². The van der Waals surface area contributed by atoms with E-state index in [0.29, 0.717) is 0 Å². The SMILES string of the molecule is O=C(O)c1nonc1-c1noc(=O)n1-c1ccc(F)c(Br)c1. The van der Waals surface area contributed by atoms with Crippen molar-refractivity contribution in [3.05, 3.63) is 44.7 Å². The Balaban J connectivity index is 2.24. The molecule has 2 heterocycles. The first kappa shape index (κ1) is 14.1. The van der Waals surface area contributed by atoms with Crippen molar-refractivity contribution in [2.45, 2.75) is 0 Å². The molecule has 0 saturated heterocycles. The standard InChI is InChI=1S/C11H4BrFN4O5/c12-5-3-4(1-2-6(5)13)17-9(16-21-11(17)20)7-8(10(18)19)15-22-14-7/h1-3H,(H,18,19). The molecule has 9 nitrogen and oxygen atoms in total. The molecule has 1 N–H and O–H groups in total. The van der Waals surface area contributed by atoms with Gasteiger partial charge in [0.25, 0.3) is 0 Å². The largest absolute Gasteiger partial charge is 0.476 e. The molecule has 0 unspecified atom stereocenters. The van der Waals surface area contributed by atoms with Crippen LogP contribution in [0.2, 0.25) is 0 Å². The Morgan fingerprint density at radius 2 is 2.09 bits per heavy atom. The lowest BCUT2D eigenvalue weighted by atomic mass is 10.2. The number of carboxylic acids is 1. The molecule has 3 rings (SSSR count). The lowest BCUT2D eigenvalue weighted by molar-refractivity contribution is 0.0685. The summed E-state index contributed by atoms with van der Waals surface area (Å²) in [5.41, 5.74) is -0.643. The van der Waals surface area contributed by atoms with Gasteiger partial charge >= 0.3 is 11.7 Å². The molecule has 2 aromatic heterocycles. The molecule has 11 heteroatoms. The van der Waals surface area contributed by atoms with Crippen LogP contribution in [0.15, 0.2) is 36.6 Å². The van der Waals surface area contributed by atoms with Gasteiger partial charge in [-0.3, -0.25) is 4.52 Å². The number of carboxylic acid groups (broad SMARTS) is 1. The van der Waals surface area contributed by atoms with E-state index in [1.807, 2.05) is 0 Å². The molecule has 0 spiro atoms. The van der Waals surface area contributed by atoms with Crippen molar-refractivity contribution in [1.29, 1.82) is 0 Å². The average molecular weight is 371 g/mol. The summed E-state index contributed by atoms with van der Waals surface area (Å²) >= 11 is 2.99. The van der Waals surface area contributed by atoms with Gasteiger partial charge in [0.15, 0.2) is 5.69 Å². The number of aromatic carboxylic acids is 1. The van der Waals surface area contributed by atoms with Crippen LogP contribution in [0, 0.1) is 5.82 Å². The van der Waals surface area contributed by atoms with E-state index in [4.69, 9.17) is 5.11 Å². The highest BCUT2D eigenvalue weighted by Gasteiger charge is 2.26. The van der Waals surface area contributed by atoms with E-state index in [2.05, 4.69) is 40.6 Å². The van der Waals surface area contributed by atoms with Crippen LogP contribution in [0.3, 0.4) is 0 Å². The van der Waals surface area contributed by atoms with E-state index in [0.717, 1.165) is 10.6 Å². The summed E-state index contributed by atoms with van der Waals surface area (Å²) in [4.78, 5) is 22.9. The summed E-state index contributed by atoms with van der Waals surface area (Å²) in [5.74, 6) is -3.10. The van der Waals surface area contributed by atoms with Crippen molar-refractivity contribution in [1.82, 2.24) is 20.0 Å². The molecule has 0 amide bonds. The van der Waals surface area contributed by atoms with E-state index in [-0.39, 0.29) is 21.7 Å². The first-order valence-corrected chi connectivity index (χ1v) is 6.38. The zero-order chi connectivity index (χ0) is 15.9. The van der Waals surface area contributed by atoms with Crippen LogP contribution in [0.4, 0.5) is 4.39 Å². The number of nitrogens with zero attached hydrogens (tertiary/aromatic N) is 4. The second-order valence-corrected chi connectivity index (χ2v) is 4.83. The molecule has 0 radical (unpaired) electrons. The Kier molecular flexibility index (Phi) is 3.33. The quantitative estimate of drug-likeness (QED) is 0.734. The van der Waals surface area contributed by atoms with Gasteiger partial charge in [-0.05, 0) is 44.4 Å². The Morgan fingerprint density at radius 1 is 1.32 bits per heavy atom. The van der Waals surface area contributed by atoms with E-state index in [9.17, 15) is 14.0 Å². The van der Waals surface area contributed by atoms with E-state index in [1.54, 1.807) is 0 Å². The van der Waals surface area contributed by atoms with Crippen LogP contribution < -0.4 is 5.76 Å². The number of halogens is 2. The van der Waals surface area contributed by atoms with Crippen LogP contribution >= 0.6 is 15.9 Å². The van der Waals surface area contributed by atoms with Crippen molar-refractivity contribution in [2.75, 3.05) is 0 Å². The second kappa shape index (κ2) is 5.18. The molecule has 0 aliphatic heterocycles. The van der Waals surface area contributed by atoms with Gasteiger partial charge < -0.3 is 5.11 Å². The van der Waals surface area contributed by atoms with E-state index in [1.165, 1.54) is 12.1 Å². The molecule has 112 valence electrons. The highest BCUT2D eigenvalue weighted by Crippen LogP contribution is 2.23. The highest BCUT2D eigenvalue weighted by atomic mass is 79.9. The topological polar surface area (TPSA) is 124 Å². The van der Waals surface area contributed by atoms with Crippen molar-refractivity contribution in [3.63, 3.8) is 0 Å². The lowest BCUT2D eigenvalue weighted by Crippen LogP contribution is -2.14. The number of hydrogen-bond acceptors (Lipinski definition) is 7. The number of benzene rings is 1. The van der Waals surface area contributed by atoms with Crippen LogP contribution in [-0.2, 0) is 0 Å². The zero-order valence-electron chi connectivity index (χ0n) is 10.4. The Hall–Kier alpha value is -2.82. The molecule has 0 saturated carbocycles. The fraction of sp³-hybridized carbons (Fsp3) is 0. The van der Waals surface area contributed by atoms with Gasteiger partial charge in [0.05, 0.1) is 10.2 Å². The minimum Gasteiger partial charge on any atom is -0.476 e. The molecule has 1 aromatic carbocycles. The third-order valence-corrected chi connectivity index (χ3v) is 3.28. The summed E-state index contributed by atoms with van der Waals surface area (Å²) in [7, 11) is 0. The molecule has 0 bridgehead atoms. The summed E-state index contributed by atoms with van der Waals surface area (Å²) in [6.45, 7) is 0. The number of hydrogen-bond donors (Lipinski definition) is 1.